The normalized spacial score (nSPS) is 11.2. The van der Waals surface area contributed by atoms with E-state index >= 15 is 0 Å². The molecule has 5 heteroatoms. The van der Waals surface area contributed by atoms with Gasteiger partial charge in [0.1, 0.15) is 5.60 Å². The van der Waals surface area contributed by atoms with Gasteiger partial charge >= 0.3 is 6.09 Å². The first-order chi connectivity index (χ1) is 7.45. The Bertz CT molecular complexity index is 193. The second-order valence-corrected chi connectivity index (χ2v) is 5.59. The van der Waals surface area contributed by atoms with Gasteiger partial charge in [0, 0.05) is 19.0 Å². The molecular weight excluding hydrogens is 224 g/mol. The molecule has 1 amide bonds. The summed E-state index contributed by atoms with van der Waals surface area (Å²) in [4.78, 5) is 11.2. The van der Waals surface area contributed by atoms with Gasteiger partial charge in [0.05, 0.1) is 0 Å². The maximum absolute atomic E-state index is 11.2. The van der Waals surface area contributed by atoms with Crippen molar-refractivity contribution in [2.75, 3.05) is 24.7 Å². The minimum Gasteiger partial charge on any atom is -0.444 e. The van der Waals surface area contributed by atoms with E-state index in [9.17, 15) is 4.79 Å². The fraction of sp³-hybridized carbons (Fsp3) is 0.909. The van der Waals surface area contributed by atoms with E-state index in [0.717, 1.165) is 12.4 Å². The van der Waals surface area contributed by atoms with E-state index in [1.165, 1.54) is 12.2 Å². The van der Waals surface area contributed by atoms with Crippen LogP contribution in [0.5, 0.6) is 0 Å². The number of thioether (sulfide) groups is 1. The van der Waals surface area contributed by atoms with Crippen LogP contribution in [0.3, 0.4) is 0 Å². The minimum atomic E-state index is -0.422. The van der Waals surface area contributed by atoms with Crippen LogP contribution in [-0.4, -0.2) is 36.4 Å². The maximum atomic E-state index is 11.2. The Morgan fingerprint density at radius 3 is 2.56 bits per heavy atom. The first kappa shape index (κ1) is 15.6. The zero-order valence-electron chi connectivity index (χ0n) is 10.8. The van der Waals surface area contributed by atoms with Crippen LogP contribution < -0.4 is 10.6 Å². The van der Waals surface area contributed by atoms with Crippen LogP contribution in [0.2, 0.25) is 0 Å². The molecule has 0 aromatic carbocycles. The molecule has 0 aliphatic rings. The number of hydrogen-bond acceptors (Lipinski definition) is 4. The number of hydrogen-bond donors (Lipinski definition) is 2. The summed E-state index contributed by atoms with van der Waals surface area (Å²) < 4.78 is 5.10. The third-order valence-electron chi connectivity index (χ3n) is 1.52. The molecule has 0 fully saturated rings. The second kappa shape index (κ2) is 8.70. The van der Waals surface area contributed by atoms with Crippen molar-refractivity contribution in [2.24, 2.45) is 0 Å². The van der Waals surface area contributed by atoms with Crippen LogP contribution in [0.25, 0.3) is 0 Å². The first-order valence-corrected chi connectivity index (χ1v) is 6.86. The largest absolute Gasteiger partial charge is 0.444 e. The highest BCUT2D eigenvalue weighted by Crippen LogP contribution is 2.05. The summed E-state index contributed by atoms with van der Waals surface area (Å²) in [6.45, 7) is 9.10. The van der Waals surface area contributed by atoms with Gasteiger partial charge in [-0.3, -0.25) is 0 Å². The van der Waals surface area contributed by atoms with Gasteiger partial charge in [-0.1, -0.05) is 6.92 Å². The maximum Gasteiger partial charge on any atom is 0.407 e. The molecule has 16 heavy (non-hydrogen) atoms. The minimum absolute atomic E-state index is 0.351. The monoisotopic (exact) mass is 248 g/mol. The molecular formula is C11H24N2O2S. The summed E-state index contributed by atoms with van der Waals surface area (Å²) in [5.41, 5.74) is -0.422. The number of amides is 1. The van der Waals surface area contributed by atoms with E-state index in [-0.39, 0.29) is 6.09 Å². The topological polar surface area (TPSA) is 50.4 Å². The highest BCUT2D eigenvalue weighted by molar-refractivity contribution is 7.99. The van der Waals surface area contributed by atoms with E-state index < -0.39 is 5.60 Å². The number of carbonyl (C=O) groups excluding carboxylic acids is 1. The number of ether oxygens (including phenoxy) is 1. The lowest BCUT2D eigenvalue weighted by Gasteiger charge is -2.19. The quantitative estimate of drug-likeness (QED) is 0.536. The number of nitrogens with one attached hydrogen (secondary N) is 2. The fourth-order valence-corrected chi connectivity index (χ4v) is 1.65. The lowest BCUT2D eigenvalue weighted by molar-refractivity contribution is 0.0528. The van der Waals surface area contributed by atoms with Gasteiger partial charge < -0.3 is 15.4 Å². The summed E-state index contributed by atoms with van der Waals surface area (Å²) in [5.74, 6) is 2.11. The van der Waals surface area contributed by atoms with Gasteiger partial charge in [-0.15, -0.1) is 11.8 Å². The predicted molar refractivity (Wildman–Crippen MR) is 69.9 cm³/mol. The predicted octanol–water partition coefficient (Wildman–Crippen LogP) is 2.20. The molecule has 96 valence electrons. The molecule has 4 nitrogen and oxygen atoms in total. The lowest BCUT2D eigenvalue weighted by atomic mass is 10.2. The number of alkyl carbamates (subject to hydrolysis) is 1. The van der Waals surface area contributed by atoms with Crippen molar-refractivity contribution in [1.82, 2.24) is 10.6 Å². The van der Waals surface area contributed by atoms with Crippen molar-refractivity contribution >= 4 is 17.9 Å². The van der Waals surface area contributed by atoms with Gasteiger partial charge in [-0.25, -0.2) is 4.79 Å². The van der Waals surface area contributed by atoms with Crippen LogP contribution in [-0.2, 0) is 4.74 Å². The van der Waals surface area contributed by atoms with Gasteiger partial charge in [0.2, 0.25) is 0 Å². The third-order valence-corrected chi connectivity index (χ3v) is 2.63. The molecule has 0 saturated heterocycles. The van der Waals surface area contributed by atoms with Crippen molar-refractivity contribution in [3.63, 3.8) is 0 Å². The van der Waals surface area contributed by atoms with E-state index in [4.69, 9.17) is 4.74 Å². The fourth-order valence-electron chi connectivity index (χ4n) is 0.928. The Kier molecular flexibility index (Phi) is 8.47. The van der Waals surface area contributed by atoms with Crippen molar-refractivity contribution in [3.8, 4) is 0 Å². The number of rotatable bonds is 7. The molecule has 0 saturated carbocycles. The molecule has 0 unspecified atom stereocenters. The zero-order valence-corrected chi connectivity index (χ0v) is 11.6. The van der Waals surface area contributed by atoms with Gasteiger partial charge in [-0.05, 0) is 32.9 Å². The molecule has 0 aliphatic heterocycles. The summed E-state index contributed by atoms with van der Waals surface area (Å²) in [7, 11) is 0. The molecule has 0 bridgehead atoms. The first-order valence-electron chi connectivity index (χ1n) is 5.71. The average Bonchev–Trinajstić information content (AvgIpc) is 2.13. The van der Waals surface area contributed by atoms with Gasteiger partial charge in [-0.2, -0.15) is 0 Å². The van der Waals surface area contributed by atoms with Gasteiger partial charge in [0.15, 0.2) is 0 Å². The average molecular weight is 248 g/mol. The lowest BCUT2D eigenvalue weighted by Crippen LogP contribution is -2.36. The standard InChI is InChI=1S/C11H24N2O2S/c1-5-8-16-9-12-6-7-13-10(14)15-11(2,3)4/h12H,5-9H2,1-4H3,(H,13,14). The van der Waals surface area contributed by atoms with Crippen molar-refractivity contribution in [3.05, 3.63) is 0 Å². The van der Waals surface area contributed by atoms with E-state index in [1.807, 2.05) is 32.5 Å². The second-order valence-electron chi connectivity index (χ2n) is 4.48. The molecule has 0 spiro atoms. The van der Waals surface area contributed by atoms with Gasteiger partial charge in [0.25, 0.3) is 0 Å². The van der Waals surface area contributed by atoms with E-state index in [2.05, 4.69) is 17.6 Å². The molecule has 0 heterocycles. The number of carbonyl (C=O) groups is 1. The Morgan fingerprint density at radius 1 is 1.31 bits per heavy atom. The van der Waals surface area contributed by atoms with Crippen LogP contribution >= 0.6 is 11.8 Å². The highest BCUT2D eigenvalue weighted by atomic mass is 32.2. The Morgan fingerprint density at radius 2 is 2.00 bits per heavy atom. The Hall–Kier alpha value is -0.420. The molecule has 0 aromatic heterocycles. The Balaban J connectivity index is 3.28. The van der Waals surface area contributed by atoms with E-state index in [1.54, 1.807) is 0 Å². The SMILES string of the molecule is CCCSCNCCNC(=O)OC(C)(C)C. The van der Waals surface area contributed by atoms with Crippen LogP contribution in [0, 0.1) is 0 Å². The highest BCUT2D eigenvalue weighted by Gasteiger charge is 2.15. The molecule has 0 radical (unpaired) electrons. The smallest absolute Gasteiger partial charge is 0.407 e. The van der Waals surface area contributed by atoms with Crippen LogP contribution in [0.15, 0.2) is 0 Å². The van der Waals surface area contributed by atoms with Crippen molar-refractivity contribution < 1.29 is 9.53 Å². The summed E-state index contributed by atoms with van der Waals surface area (Å²) in [6, 6.07) is 0. The van der Waals surface area contributed by atoms with Crippen molar-refractivity contribution in [1.29, 1.82) is 0 Å². The molecule has 0 atom stereocenters. The molecule has 0 rings (SSSR count). The molecule has 0 aromatic rings. The Labute approximate surface area is 103 Å². The molecule has 2 N–H and O–H groups in total. The summed E-state index contributed by atoms with van der Waals surface area (Å²) >= 11 is 1.87. The third kappa shape index (κ3) is 11.7. The molecule has 0 aliphatic carbocycles. The van der Waals surface area contributed by atoms with Crippen molar-refractivity contribution in [2.45, 2.75) is 39.7 Å². The zero-order chi connectivity index (χ0) is 12.4. The van der Waals surface area contributed by atoms with E-state index in [0.29, 0.717) is 6.54 Å². The summed E-state index contributed by atoms with van der Waals surface area (Å²) in [5, 5.41) is 5.93. The van der Waals surface area contributed by atoms with Crippen LogP contribution in [0.1, 0.15) is 34.1 Å². The summed E-state index contributed by atoms with van der Waals surface area (Å²) in [6.07, 6.45) is 0.846. The van der Waals surface area contributed by atoms with Crippen LogP contribution in [0.4, 0.5) is 4.79 Å².